The van der Waals surface area contributed by atoms with Crippen molar-refractivity contribution in [2.75, 3.05) is 19.0 Å². The van der Waals surface area contributed by atoms with Crippen molar-refractivity contribution in [2.45, 2.75) is 13.5 Å². The van der Waals surface area contributed by atoms with Gasteiger partial charge in [0.2, 0.25) is 0 Å². The Morgan fingerprint density at radius 3 is 2.20 bits per heavy atom. The SMILES string of the molecule is CCN(Cc1ccccc1)C(=O)C(=O)Nc1ccc(C(=O)OC)cc1. The van der Waals surface area contributed by atoms with E-state index in [1.54, 1.807) is 12.1 Å². The monoisotopic (exact) mass is 340 g/mol. The maximum atomic E-state index is 12.3. The highest BCUT2D eigenvalue weighted by Gasteiger charge is 2.21. The van der Waals surface area contributed by atoms with Gasteiger partial charge in [0, 0.05) is 18.8 Å². The number of ether oxygens (including phenoxy) is 1. The number of hydrogen-bond donors (Lipinski definition) is 1. The molecule has 25 heavy (non-hydrogen) atoms. The summed E-state index contributed by atoms with van der Waals surface area (Å²) in [5, 5.41) is 2.54. The van der Waals surface area contributed by atoms with Crippen LogP contribution >= 0.6 is 0 Å². The van der Waals surface area contributed by atoms with E-state index in [1.807, 2.05) is 37.3 Å². The van der Waals surface area contributed by atoms with Gasteiger partial charge in [0.25, 0.3) is 0 Å². The fourth-order valence-corrected chi connectivity index (χ4v) is 2.27. The third-order valence-corrected chi connectivity index (χ3v) is 3.64. The van der Waals surface area contributed by atoms with Crippen LogP contribution in [0.2, 0.25) is 0 Å². The quantitative estimate of drug-likeness (QED) is 0.670. The van der Waals surface area contributed by atoms with Gasteiger partial charge in [-0.25, -0.2) is 4.79 Å². The van der Waals surface area contributed by atoms with Crippen molar-refractivity contribution >= 4 is 23.5 Å². The van der Waals surface area contributed by atoms with Crippen molar-refractivity contribution in [2.24, 2.45) is 0 Å². The van der Waals surface area contributed by atoms with Crippen LogP contribution in [0.15, 0.2) is 54.6 Å². The molecule has 0 heterocycles. The van der Waals surface area contributed by atoms with E-state index >= 15 is 0 Å². The Morgan fingerprint density at radius 1 is 1.00 bits per heavy atom. The normalized spacial score (nSPS) is 10.0. The molecule has 6 heteroatoms. The molecule has 0 radical (unpaired) electrons. The number of benzene rings is 2. The molecule has 0 aromatic heterocycles. The van der Waals surface area contributed by atoms with E-state index in [1.165, 1.54) is 24.1 Å². The minimum absolute atomic E-state index is 0.366. The van der Waals surface area contributed by atoms with Gasteiger partial charge in [0.05, 0.1) is 12.7 Å². The van der Waals surface area contributed by atoms with E-state index in [9.17, 15) is 14.4 Å². The van der Waals surface area contributed by atoms with Crippen molar-refractivity contribution < 1.29 is 19.1 Å². The molecular weight excluding hydrogens is 320 g/mol. The summed E-state index contributed by atoms with van der Waals surface area (Å²) in [6.07, 6.45) is 0. The first-order chi connectivity index (χ1) is 12.0. The van der Waals surface area contributed by atoms with E-state index in [2.05, 4.69) is 10.1 Å². The standard InChI is InChI=1S/C19H20N2O4/c1-3-21(13-14-7-5-4-6-8-14)18(23)17(22)20-16-11-9-15(10-12-16)19(24)25-2/h4-12H,3,13H2,1-2H3,(H,20,22). The van der Waals surface area contributed by atoms with Crippen LogP contribution in [0.1, 0.15) is 22.8 Å². The Balaban J connectivity index is 2.00. The van der Waals surface area contributed by atoms with E-state index in [0.29, 0.717) is 24.3 Å². The zero-order valence-corrected chi connectivity index (χ0v) is 14.2. The molecule has 0 saturated heterocycles. The first-order valence-electron chi connectivity index (χ1n) is 7.87. The van der Waals surface area contributed by atoms with E-state index in [4.69, 9.17) is 0 Å². The van der Waals surface area contributed by atoms with Gasteiger partial charge >= 0.3 is 17.8 Å². The van der Waals surface area contributed by atoms with Crippen molar-refractivity contribution in [3.05, 3.63) is 65.7 Å². The summed E-state index contributed by atoms with van der Waals surface area (Å²) in [4.78, 5) is 37.4. The maximum Gasteiger partial charge on any atom is 0.337 e. The fraction of sp³-hybridized carbons (Fsp3) is 0.211. The Bertz CT molecular complexity index is 742. The number of anilines is 1. The molecule has 0 aliphatic carbocycles. The Kier molecular flexibility index (Phi) is 6.28. The van der Waals surface area contributed by atoms with E-state index in [-0.39, 0.29) is 0 Å². The summed E-state index contributed by atoms with van der Waals surface area (Å²) >= 11 is 0. The number of amides is 2. The largest absolute Gasteiger partial charge is 0.465 e. The molecule has 2 amide bonds. The molecule has 2 rings (SSSR count). The first kappa shape index (κ1) is 18.2. The zero-order valence-electron chi connectivity index (χ0n) is 14.2. The Hall–Kier alpha value is -3.15. The fourth-order valence-electron chi connectivity index (χ4n) is 2.27. The summed E-state index contributed by atoms with van der Waals surface area (Å²) in [7, 11) is 1.29. The second-order valence-corrected chi connectivity index (χ2v) is 5.33. The summed E-state index contributed by atoms with van der Waals surface area (Å²) in [6.45, 7) is 2.60. The number of rotatable bonds is 5. The lowest BCUT2D eigenvalue weighted by Crippen LogP contribution is -2.39. The maximum absolute atomic E-state index is 12.3. The third-order valence-electron chi connectivity index (χ3n) is 3.64. The predicted octanol–water partition coefficient (Wildman–Crippen LogP) is 2.46. The van der Waals surface area contributed by atoms with Crippen molar-refractivity contribution in [3.63, 3.8) is 0 Å². The predicted molar refractivity (Wildman–Crippen MR) is 93.9 cm³/mol. The van der Waals surface area contributed by atoms with Crippen LogP contribution in [0.4, 0.5) is 5.69 Å². The van der Waals surface area contributed by atoms with Crippen molar-refractivity contribution in [1.29, 1.82) is 0 Å². The second-order valence-electron chi connectivity index (χ2n) is 5.33. The zero-order chi connectivity index (χ0) is 18.2. The molecule has 0 bridgehead atoms. The number of nitrogens with one attached hydrogen (secondary N) is 1. The van der Waals surface area contributed by atoms with Crippen molar-refractivity contribution in [1.82, 2.24) is 4.90 Å². The molecule has 0 unspecified atom stereocenters. The highest BCUT2D eigenvalue weighted by molar-refractivity contribution is 6.39. The lowest BCUT2D eigenvalue weighted by atomic mass is 10.2. The Labute approximate surface area is 146 Å². The highest BCUT2D eigenvalue weighted by Crippen LogP contribution is 2.11. The van der Waals surface area contributed by atoms with Gasteiger partial charge in [-0.05, 0) is 36.8 Å². The minimum Gasteiger partial charge on any atom is -0.465 e. The molecule has 0 fully saturated rings. The summed E-state index contributed by atoms with van der Waals surface area (Å²) < 4.78 is 4.61. The van der Waals surface area contributed by atoms with Gasteiger partial charge in [-0.15, -0.1) is 0 Å². The van der Waals surface area contributed by atoms with Crippen LogP contribution in [0.3, 0.4) is 0 Å². The molecule has 0 aliphatic heterocycles. The lowest BCUT2D eigenvalue weighted by molar-refractivity contribution is -0.143. The number of nitrogens with zero attached hydrogens (tertiary/aromatic N) is 1. The lowest BCUT2D eigenvalue weighted by Gasteiger charge is -2.20. The molecule has 2 aromatic carbocycles. The minimum atomic E-state index is -0.719. The third kappa shape index (κ3) is 4.91. The molecule has 2 aromatic rings. The molecule has 0 aliphatic rings. The van der Waals surface area contributed by atoms with Crippen molar-refractivity contribution in [3.8, 4) is 0 Å². The van der Waals surface area contributed by atoms with Crippen LogP contribution in [-0.2, 0) is 20.9 Å². The van der Waals surface area contributed by atoms with Crippen LogP contribution in [0, 0.1) is 0 Å². The smallest absolute Gasteiger partial charge is 0.337 e. The molecule has 0 atom stereocenters. The molecule has 130 valence electrons. The molecular formula is C19H20N2O4. The van der Waals surface area contributed by atoms with Gasteiger partial charge < -0.3 is 15.0 Å². The average Bonchev–Trinajstić information content (AvgIpc) is 2.66. The van der Waals surface area contributed by atoms with Crippen LogP contribution in [0.5, 0.6) is 0 Å². The van der Waals surface area contributed by atoms with Gasteiger partial charge in [0.15, 0.2) is 0 Å². The number of carbonyl (C=O) groups is 3. The average molecular weight is 340 g/mol. The molecule has 0 spiro atoms. The number of methoxy groups -OCH3 is 1. The molecule has 1 N–H and O–H groups in total. The van der Waals surface area contributed by atoms with Gasteiger partial charge in [0.1, 0.15) is 0 Å². The summed E-state index contributed by atoms with van der Waals surface area (Å²) in [6, 6.07) is 15.6. The Morgan fingerprint density at radius 2 is 1.64 bits per heavy atom. The summed E-state index contributed by atoms with van der Waals surface area (Å²) in [5.74, 6) is -1.79. The van der Waals surface area contributed by atoms with Gasteiger partial charge in [-0.3, -0.25) is 9.59 Å². The van der Waals surface area contributed by atoms with Crippen LogP contribution in [0.25, 0.3) is 0 Å². The number of esters is 1. The molecule has 6 nitrogen and oxygen atoms in total. The van der Waals surface area contributed by atoms with E-state index in [0.717, 1.165) is 5.56 Å². The van der Waals surface area contributed by atoms with E-state index < -0.39 is 17.8 Å². The summed E-state index contributed by atoms with van der Waals surface area (Å²) in [5.41, 5.74) is 1.75. The van der Waals surface area contributed by atoms with Gasteiger partial charge in [-0.1, -0.05) is 30.3 Å². The number of carbonyl (C=O) groups excluding carboxylic acids is 3. The number of hydrogen-bond acceptors (Lipinski definition) is 4. The first-order valence-corrected chi connectivity index (χ1v) is 7.87. The highest BCUT2D eigenvalue weighted by atomic mass is 16.5. The van der Waals surface area contributed by atoms with Gasteiger partial charge in [-0.2, -0.15) is 0 Å². The second kappa shape index (κ2) is 8.63. The molecule has 0 saturated carbocycles. The van der Waals surface area contributed by atoms with Crippen LogP contribution in [-0.4, -0.2) is 36.3 Å². The topological polar surface area (TPSA) is 75.7 Å². The van der Waals surface area contributed by atoms with Crippen LogP contribution < -0.4 is 5.32 Å². The number of likely N-dealkylation sites (N-methyl/N-ethyl adjacent to an activating group) is 1.